The number of aryl methyl sites for hydroxylation is 2. The van der Waals surface area contributed by atoms with Gasteiger partial charge in [0.05, 0.1) is 22.8 Å². The van der Waals surface area contributed by atoms with Gasteiger partial charge in [-0.15, -0.1) is 0 Å². The number of nitrogens with zero attached hydrogens (tertiary/aromatic N) is 1. The molecule has 0 saturated heterocycles. The van der Waals surface area contributed by atoms with Crippen molar-refractivity contribution in [2.24, 2.45) is 0 Å². The molecule has 0 atom stereocenters. The van der Waals surface area contributed by atoms with Gasteiger partial charge in [0.1, 0.15) is 5.75 Å². The molecule has 31 heavy (non-hydrogen) atoms. The van der Waals surface area contributed by atoms with Crippen LogP contribution in [0.1, 0.15) is 23.6 Å². The molecule has 0 N–H and O–H groups in total. The first-order valence-corrected chi connectivity index (χ1v) is 11.0. The van der Waals surface area contributed by atoms with E-state index in [0.29, 0.717) is 28.3 Å². The van der Waals surface area contributed by atoms with Gasteiger partial charge < -0.3 is 4.74 Å². The van der Waals surface area contributed by atoms with Gasteiger partial charge in [0.15, 0.2) is 0 Å². The second kappa shape index (κ2) is 8.82. The predicted molar refractivity (Wildman–Crippen MR) is 125 cm³/mol. The number of amides is 2. The average molecular weight is 430 g/mol. The zero-order chi connectivity index (χ0) is 22.0. The summed E-state index contributed by atoms with van der Waals surface area (Å²) in [5.41, 5.74) is 3.72. The van der Waals surface area contributed by atoms with Crippen molar-refractivity contribution in [2.45, 2.75) is 25.7 Å². The molecule has 0 fully saturated rings. The highest BCUT2D eigenvalue weighted by Gasteiger charge is 2.40. The maximum absolute atomic E-state index is 13.6. The van der Waals surface area contributed by atoms with Crippen LogP contribution in [-0.2, 0) is 9.59 Å². The lowest BCUT2D eigenvalue weighted by Crippen LogP contribution is -2.31. The van der Waals surface area contributed by atoms with Crippen molar-refractivity contribution in [3.63, 3.8) is 0 Å². The van der Waals surface area contributed by atoms with Gasteiger partial charge in [-0.3, -0.25) is 9.59 Å². The van der Waals surface area contributed by atoms with E-state index in [1.165, 1.54) is 16.7 Å². The highest BCUT2D eigenvalue weighted by molar-refractivity contribution is 8.04. The van der Waals surface area contributed by atoms with Gasteiger partial charge in [0.2, 0.25) is 0 Å². The van der Waals surface area contributed by atoms with Crippen LogP contribution in [0, 0.1) is 13.8 Å². The van der Waals surface area contributed by atoms with Crippen molar-refractivity contribution < 1.29 is 14.3 Å². The summed E-state index contributed by atoms with van der Waals surface area (Å²) in [5.74, 6) is 0.123. The van der Waals surface area contributed by atoms with Crippen LogP contribution in [0.3, 0.4) is 0 Å². The van der Waals surface area contributed by atoms with E-state index >= 15 is 0 Å². The number of anilines is 1. The first kappa shape index (κ1) is 20.9. The third kappa shape index (κ3) is 4.28. The van der Waals surface area contributed by atoms with Crippen molar-refractivity contribution in [1.29, 1.82) is 0 Å². The molecule has 0 saturated carbocycles. The van der Waals surface area contributed by atoms with E-state index in [1.54, 1.807) is 0 Å². The van der Waals surface area contributed by atoms with Gasteiger partial charge in [-0.2, -0.15) is 0 Å². The zero-order valence-corrected chi connectivity index (χ0v) is 18.5. The number of thioether (sulfide) groups is 1. The number of hydrogen-bond donors (Lipinski definition) is 0. The first-order valence-electron chi connectivity index (χ1n) is 10.2. The van der Waals surface area contributed by atoms with Crippen LogP contribution >= 0.6 is 11.8 Å². The van der Waals surface area contributed by atoms with E-state index in [0.717, 1.165) is 21.8 Å². The van der Waals surface area contributed by atoms with Crippen molar-refractivity contribution in [2.75, 3.05) is 11.5 Å². The van der Waals surface area contributed by atoms with Crippen LogP contribution in [0.2, 0.25) is 0 Å². The van der Waals surface area contributed by atoms with Crippen LogP contribution in [-0.4, -0.2) is 18.4 Å². The number of benzene rings is 3. The maximum atomic E-state index is 13.6. The minimum Gasteiger partial charge on any atom is -0.494 e. The summed E-state index contributed by atoms with van der Waals surface area (Å²) in [6, 6.07) is 22.7. The van der Waals surface area contributed by atoms with Crippen LogP contribution in [0.25, 0.3) is 5.57 Å². The smallest absolute Gasteiger partial charge is 0.272 e. The highest BCUT2D eigenvalue weighted by Crippen LogP contribution is 2.41. The topological polar surface area (TPSA) is 46.6 Å². The Morgan fingerprint density at radius 2 is 1.48 bits per heavy atom. The van der Waals surface area contributed by atoms with E-state index in [4.69, 9.17) is 4.74 Å². The minimum absolute atomic E-state index is 0.298. The Bertz CT molecular complexity index is 1150. The second-order valence-electron chi connectivity index (χ2n) is 7.37. The standard InChI is InChI=1S/C26H23NO3S/c1-4-30-21-12-10-19(11-13-21)23-24(31-22-8-6-5-7-9-22)26(29)27(25(23)28)20-15-17(2)14-18(3)16-20/h5-16H,4H2,1-3H3. The molecule has 3 aromatic rings. The van der Waals surface area contributed by atoms with Gasteiger partial charge >= 0.3 is 0 Å². The van der Waals surface area contributed by atoms with E-state index in [-0.39, 0.29) is 11.8 Å². The molecule has 0 spiro atoms. The van der Waals surface area contributed by atoms with Crippen LogP contribution in [0.4, 0.5) is 5.69 Å². The summed E-state index contributed by atoms with van der Waals surface area (Å²) in [7, 11) is 0. The van der Waals surface area contributed by atoms with Crippen LogP contribution in [0.15, 0.2) is 82.6 Å². The lowest BCUT2D eigenvalue weighted by atomic mass is 10.1. The minimum atomic E-state index is -0.308. The van der Waals surface area contributed by atoms with E-state index in [9.17, 15) is 9.59 Å². The molecule has 0 aromatic heterocycles. The maximum Gasteiger partial charge on any atom is 0.272 e. The van der Waals surface area contributed by atoms with E-state index in [1.807, 2.05) is 93.6 Å². The summed E-state index contributed by atoms with van der Waals surface area (Å²) in [6.45, 7) is 6.41. The van der Waals surface area contributed by atoms with E-state index in [2.05, 4.69) is 0 Å². The Balaban J connectivity index is 1.80. The highest BCUT2D eigenvalue weighted by atomic mass is 32.2. The molecule has 1 heterocycles. The molecule has 3 aromatic carbocycles. The molecule has 0 aliphatic carbocycles. The fourth-order valence-corrected chi connectivity index (χ4v) is 4.68. The molecule has 0 unspecified atom stereocenters. The molecule has 0 bridgehead atoms. The third-order valence-electron chi connectivity index (χ3n) is 4.92. The third-order valence-corrected chi connectivity index (χ3v) is 6.01. The summed E-state index contributed by atoms with van der Waals surface area (Å²) in [4.78, 5) is 29.7. The lowest BCUT2D eigenvalue weighted by molar-refractivity contribution is -0.119. The zero-order valence-electron chi connectivity index (χ0n) is 17.7. The largest absolute Gasteiger partial charge is 0.494 e. The monoisotopic (exact) mass is 429 g/mol. The molecular weight excluding hydrogens is 406 g/mol. The summed E-state index contributed by atoms with van der Waals surface area (Å²) < 4.78 is 5.53. The predicted octanol–water partition coefficient (Wildman–Crippen LogP) is 5.78. The number of carbonyl (C=O) groups is 2. The normalized spacial score (nSPS) is 13.8. The van der Waals surface area contributed by atoms with Crippen molar-refractivity contribution in [3.05, 3.63) is 94.4 Å². The number of hydrogen-bond acceptors (Lipinski definition) is 4. The quantitative estimate of drug-likeness (QED) is 0.466. The summed E-state index contributed by atoms with van der Waals surface area (Å²) in [6.07, 6.45) is 0. The fourth-order valence-electron chi connectivity index (χ4n) is 3.66. The molecule has 1 aliphatic rings. The van der Waals surface area contributed by atoms with Gasteiger partial charge in [-0.05, 0) is 73.9 Å². The summed E-state index contributed by atoms with van der Waals surface area (Å²) in [5, 5.41) is 0. The molecular formula is C26H23NO3S. The number of ether oxygens (including phenoxy) is 1. The van der Waals surface area contributed by atoms with Gasteiger partial charge in [0.25, 0.3) is 11.8 Å². The lowest BCUT2D eigenvalue weighted by Gasteiger charge is -2.17. The van der Waals surface area contributed by atoms with Crippen molar-refractivity contribution >= 4 is 34.8 Å². The molecule has 156 valence electrons. The molecule has 4 nitrogen and oxygen atoms in total. The van der Waals surface area contributed by atoms with Crippen molar-refractivity contribution in [1.82, 2.24) is 0 Å². The van der Waals surface area contributed by atoms with Gasteiger partial charge in [-0.25, -0.2) is 4.90 Å². The molecule has 2 amide bonds. The molecule has 1 aliphatic heterocycles. The number of rotatable bonds is 6. The second-order valence-corrected chi connectivity index (χ2v) is 8.45. The average Bonchev–Trinajstić information content (AvgIpc) is 2.98. The molecule has 5 heteroatoms. The van der Waals surface area contributed by atoms with Crippen LogP contribution in [0.5, 0.6) is 5.75 Å². The molecule has 4 rings (SSSR count). The Morgan fingerprint density at radius 3 is 2.10 bits per heavy atom. The Labute approximate surface area is 186 Å². The Morgan fingerprint density at radius 1 is 0.839 bits per heavy atom. The Hall–Kier alpha value is -3.31. The SMILES string of the molecule is CCOc1ccc(C2=C(Sc3ccccc3)C(=O)N(c3cc(C)cc(C)c3)C2=O)cc1. The van der Waals surface area contributed by atoms with Crippen LogP contribution < -0.4 is 9.64 Å². The van der Waals surface area contributed by atoms with Gasteiger partial charge in [0, 0.05) is 4.90 Å². The Kier molecular flexibility index (Phi) is 5.96. The van der Waals surface area contributed by atoms with E-state index < -0.39 is 0 Å². The fraction of sp³-hybridized carbons (Fsp3) is 0.154. The first-order chi connectivity index (χ1) is 15.0. The van der Waals surface area contributed by atoms with Gasteiger partial charge in [-0.1, -0.05) is 48.2 Å². The number of carbonyl (C=O) groups excluding carboxylic acids is 2. The number of imide groups is 1. The summed E-state index contributed by atoms with van der Waals surface area (Å²) >= 11 is 1.32. The van der Waals surface area contributed by atoms with Crippen molar-refractivity contribution in [3.8, 4) is 5.75 Å². The molecule has 0 radical (unpaired) electrons.